The van der Waals surface area contributed by atoms with Gasteiger partial charge in [0.2, 0.25) is 0 Å². The van der Waals surface area contributed by atoms with Crippen LogP contribution in [0.3, 0.4) is 0 Å². The van der Waals surface area contributed by atoms with Crippen LogP contribution in [-0.4, -0.2) is 25.9 Å². The van der Waals surface area contributed by atoms with Crippen molar-refractivity contribution in [3.63, 3.8) is 0 Å². The summed E-state index contributed by atoms with van der Waals surface area (Å²) in [6, 6.07) is 5.64. The van der Waals surface area contributed by atoms with Gasteiger partial charge in [-0.1, -0.05) is 0 Å². The zero-order valence-electron chi connectivity index (χ0n) is 10.1. The van der Waals surface area contributed by atoms with Gasteiger partial charge in [-0.3, -0.25) is 4.79 Å². The normalized spacial score (nSPS) is 10.0. The van der Waals surface area contributed by atoms with Gasteiger partial charge in [0.15, 0.2) is 0 Å². The van der Waals surface area contributed by atoms with Crippen LogP contribution in [0.15, 0.2) is 18.2 Å². The molecule has 0 bridgehead atoms. The molecule has 0 spiro atoms. The Bertz CT molecular complexity index is 382. The lowest BCUT2D eigenvalue weighted by molar-refractivity contribution is -0.140. The zero-order valence-corrected chi connectivity index (χ0v) is 10.9. The van der Waals surface area contributed by atoms with Gasteiger partial charge >= 0.3 is 5.97 Å². The number of benzene rings is 1. The molecule has 0 fully saturated rings. The highest BCUT2D eigenvalue weighted by Crippen LogP contribution is 2.22. The SMILES string of the molecule is COC(=O)CCSCc1cc(N)cc(OC)c1. The predicted molar refractivity (Wildman–Crippen MR) is 70.2 cm³/mol. The summed E-state index contributed by atoms with van der Waals surface area (Å²) in [5.41, 5.74) is 7.53. The van der Waals surface area contributed by atoms with E-state index >= 15 is 0 Å². The predicted octanol–water partition coefficient (Wildman–Crippen LogP) is 2.07. The van der Waals surface area contributed by atoms with Crippen molar-refractivity contribution in [2.45, 2.75) is 12.2 Å². The Morgan fingerprint density at radius 2 is 2.12 bits per heavy atom. The molecule has 0 saturated carbocycles. The van der Waals surface area contributed by atoms with Gasteiger partial charge in [0.1, 0.15) is 5.75 Å². The molecule has 0 aliphatic rings. The molecule has 94 valence electrons. The van der Waals surface area contributed by atoms with Crippen LogP contribution in [0.2, 0.25) is 0 Å². The minimum Gasteiger partial charge on any atom is -0.497 e. The Morgan fingerprint density at radius 1 is 1.35 bits per heavy atom. The molecule has 0 amide bonds. The summed E-state index contributed by atoms with van der Waals surface area (Å²) in [5.74, 6) is 2.12. The second-order valence-corrected chi connectivity index (χ2v) is 4.60. The van der Waals surface area contributed by atoms with Gasteiger partial charge in [0.05, 0.1) is 20.6 Å². The molecule has 0 radical (unpaired) electrons. The number of thioether (sulfide) groups is 1. The number of hydrogen-bond acceptors (Lipinski definition) is 5. The minimum absolute atomic E-state index is 0.178. The highest BCUT2D eigenvalue weighted by Gasteiger charge is 2.02. The molecule has 0 unspecified atom stereocenters. The van der Waals surface area contributed by atoms with Crippen LogP contribution in [0, 0.1) is 0 Å². The third-order valence-corrected chi connectivity index (χ3v) is 3.20. The topological polar surface area (TPSA) is 61.5 Å². The number of esters is 1. The molecule has 0 aliphatic heterocycles. The largest absolute Gasteiger partial charge is 0.497 e. The molecule has 4 nitrogen and oxygen atoms in total. The van der Waals surface area contributed by atoms with Gasteiger partial charge in [-0.15, -0.1) is 0 Å². The van der Waals surface area contributed by atoms with Crippen molar-refractivity contribution in [3.05, 3.63) is 23.8 Å². The molecule has 17 heavy (non-hydrogen) atoms. The molecule has 1 aromatic rings. The van der Waals surface area contributed by atoms with Gasteiger partial charge in [-0.2, -0.15) is 11.8 Å². The third-order valence-electron chi connectivity index (χ3n) is 2.17. The first-order valence-corrected chi connectivity index (χ1v) is 6.39. The van der Waals surface area contributed by atoms with E-state index < -0.39 is 0 Å². The van der Waals surface area contributed by atoms with Gasteiger partial charge in [0.25, 0.3) is 0 Å². The van der Waals surface area contributed by atoms with E-state index in [1.807, 2.05) is 12.1 Å². The molecule has 0 saturated heterocycles. The fourth-order valence-electron chi connectivity index (χ4n) is 1.33. The van der Waals surface area contributed by atoms with Crippen LogP contribution in [0.4, 0.5) is 5.69 Å². The highest BCUT2D eigenvalue weighted by molar-refractivity contribution is 7.98. The molecular formula is C12H17NO3S. The van der Waals surface area contributed by atoms with E-state index in [9.17, 15) is 4.79 Å². The number of carbonyl (C=O) groups is 1. The summed E-state index contributed by atoms with van der Waals surface area (Å²) in [5, 5.41) is 0. The molecule has 5 heteroatoms. The smallest absolute Gasteiger partial charge is 0.306 e. The summed E-state index contributed by atoms with van der Waals surface area (Å²) in [7, 11) is 3.01. The molecule has 0 atom stereocenters. The van der Waals surface area contributed by atoms with Gasteiger partial charge in [-0.25, -0.2) is 0 Å². The van der Waals surface area contributed by atoms with E-state index in [4.69, 9.17) is 10.5 Å². The van der Waals surface area contributed by atoms with Crippen molar-refractivity contribution < 1.29 is 14.3 Å². The van der Waals surface area contributed by atoms with E-state index in [0.717, 1.165) is 22.8 Å². The van der Waals surface area contributed by atoms with E-state index in [-0.39, 0.29) is 5.97 Å². The first-order valence-electron chi connectivity index (χ1n) is 5.23. The van der Waals surface area contributed by atoms with Crippen LogP contribution >= 0.6 is 11.8 Å². The number of hydrogen-bond donors (Lipinski definition) is 1. The highest BCUT2D eigenvalue weighted by atomic mass is 32.2. The average Bonchev–Trinajstić information content (AvgIpc) is 2.33. The lowest BCUT2D eigenvalue weighted by Crippen LogP contribution is -2.01. The van der Waals surface area contributed by atoms with Crippen molar-refractivity contribution in [1.82, 2.24) is 0 Å². The minimum atomic E-state index is -0.178. The maximum atomic E-state index is 10.9. The number of carbonyl (C=O) groups excluding carboxylic acids is 1. The first-order chi connectivity index (χ1) is 8.15. The quantitative estimate of drug-likeness (QED) is 0.479. The Labute approximate surface area is 105 Å². The molecule has 1 aromatic carbocycles. The second-order valence-electron chi connectivity index (χ2n) is 3.49. The fourth-order valence-corrected chi connectivity index (χ4v) is 2.19. The van der Waals surface area contributed by atoms with Crippen LogP contribution in [0.25, 0.3) is 0 Å². The van der Waals surface area contributed by atoms with E-state index in [1.54, 1.807) is 24.9 Å². The Kier molecular flexibility index (Phi) is 5.69. The summed E-state index contributed by atoms with van der Waals surface area (Å²) < 4.78 is 9.70. The molecule has 0 aliphatic carbocycles. The number of nitrogen functional groups attached to an aromatic ring is 1. The van der Waals surface area contributed by atoms with Crippen molar-refractivity contribution in [3.8, 4) is 5.75 Å². The standard InChI is InChI=1S/C12H17NO3S/c1-15-11-6-9(5-10(13)7-11)8-17-4-3-12(14)16-2/h5-7H,3-4,8,13H2,1-2H3. The van der Waals surface area contributed by atoms with Gasteiger partial charge in [0, 0.05) is 23.3 Å². The van der Waals surface area contributed by atoms with Crippen LogP contribution in [0.5, 0.6) is 5.75 Å². The van der Waals surface area contributed by atoms with Crippen molar-refractivity contribution in [1.29, 1.82) is 0 Å². The van der Waals surface area contributed by atoms with Crippen LogP contribution in [-0.2, 0) is 15.3 Å². The van der Waals surface area contributed by atoms with Crippen LogP contribution < -0.4 is 10.5 Å². The van der Waals surface area contributed by atoms with Gasteiger partial charge in [-0.05, 0) is 17.7 Å². The molecule has 1 rings (SSSR count). The monoisotopic (exact) mass is 255 g/mol. The lowest BCUT2D eigenvalue weighted by atomic mass is 10.2. The van der Waals surface area contributed by atoms with E-state index in [2.05, 4.69) is 4.74 Å². The number of nitrogens with two attached hydrogens (primary N) is 1. The zero-order chi connectivity index (χ0) is 12.7. The van der Waals surface area contributed by atoms with E-state index in [1.165, 1.54) is 7.11 Å². The fraction of sp³-hybridized carbons (Fsp3) is 0.417. The van der Waals surface area contributed by atoms with Crippen molar-refractivity contribution in [2.75, 3.05) is 25.7 Å². The van der Waals surface area contributed by atoms with Gasteiger partial charge < -0.3 is 15.2 Å². The maximum Gasteiger partial charge on any atom is 0.306 e. The maximum absolute atomic E-state index is 10.9. The number of ether oxygens (including phenoxy) is 2. The average molecular weight is 255 g/mol. The summed E-state index contributed by atoms with van der Waals surface area (Å²) in [6.07, 6.45) is 0.431. The van der Waals surface area contributed by atoms with Crippen molar-refractivity contribution in [2.24, 2.45) is 0 Å². The van der Waals surface area contributed by atoms with Crippen molar-refractivity contribution >= 4 is 23.4 Å². The molecular weight excluding hydrogens is 238 g/mol. The summed E-state index contributed by atoms with van der Waals surface area (Å²) in [4.78, 5) is 10.9. The lowest BCUT2D eigenvalue weighted by Gasteiger charge is -2.06. The first kappa shape index (κ1) is 13.7. The number of rotatable bonds is 6. The Hall–Kier alpha value is -1.36. The summed E-state index contributed by atoms with van der Waals surface area (Å²) >= 11 is 1.67. The van der Waals surface area contributed by atoms with Crippen LogP contribution in [0.1, 0.15) is 12.0 Å². The number of anilines is 1. The molecule has 0 heterocycles. The molecule has 0 aromatic heterocycles. The second kappa shape index (κ2) is 7.06. The molecule has 2 N–H and O–H groups in total. The van der Waals surface area contributed by atoms with E-state index in [0.29, 0.717) is 12.1 Å². The number of methoxy groups -OCH3 is 2. The summed E-state index contributed by atoms with van der Waals surface area (Å²) in [6.45, 7) is 0. The third kappa shape index (κ3) is 4.99. The Morgan fingerprint density at radius 3 is 2.76 bits per heavy atom. The Balaban J connectivity index is 2.41.